The number of benzene rings is 7. The number of rotatable bonds is 6. The number of nitrogens with zero attached hydrogens (tertiary/aromatic N) is 1. The number of aryl methyl sites for hydroxylation is 5. The zero-order valence-electron chi connectivity index (χ0n) is 28.2. The van der Waals surface area contributed by atoms with Gasteiger partial charge in [0.05, 0.1) is 0 Å². The molecule has 1 aliphatic rings. The van der Waals surface area contributed by atoms with Crippen LogP contribution in [0.1, 0.15) is 27.8 Å². The Morgan fingerprint density at radius 2 is 1.08 bits per heavy atom. The van der Waals surface area contributed by atoms with E-state index in [0.717, 1.165) is 34.1 Å². The van der Waals surface area contributed by atoms with Crippen LogP contribution < -0.4 is 26.0 Å². The fourth-order valence-electron chi connectivity index (χ4n) is 7.91. The molecule has 0 aliphatic carbocycles. The normalized spacial score (nSPS) is 11.6. The first-order valence-electron chi connectivity index (χ1n) is 16.8. The summed E-state index contributed by atoms with van der Waals surface area (Å²) < 4.78 is 6.83. The summed E-state index contributed by atoms with van der Waals surface area (Å²) in [7, 11) is 0. The fraction of sp³-hybridized carbons (Fsp3) is 0.111. The van der Waals surface area contributed by atoms with Crippen molar-refractivity contribution in [3.8, 4) is 22.6 Å². The average Bonchev–Trinajstić information content (AvgIpc) is 3.08. The maximum absolute atomic E-state index is 6.83. The summed E-state index contributed by atoms with van der Waals surface area (Å²) >= 11 is 0. The van der Waals surface area contributed by atoms with Gasteiger partial charge in [0.1, 0.15) is 11.5 Å². The highest BCUT2D eigenvalue weighted by Gasteiger charge is 2.31. The molecular weight excluding hydrogens is 581 g/mol. The van der Waals surface area contributed by atoms with Crippen molar-refractivity contribution in [2.24, 2.45) is 0 Å². The fourth-order valence-corrected chi connectivity index (χ4v) is 7.91. The third-order valence-corrected chi connectivity index (χ3v) is 9.87. The Bertz CT molecular complexity index is 2260. The topological polar surface area (TPSA) is 12.5 Å². The number of ether oxygens (including phenoxy) is 1. The Morgan fingerprint density at radius 1 is 0.458 bits per heavy atom. The molecule has 3 heteroatoms. The summed E-state index contributed by atoms with van der Waals surface area (Å²) in [5.74, 6) is 1.77. The van der Waals surface area contributed by atoms with Crippen molar-refractivity contribution in [3.05, 3.63) is 167 Å². The standard InChI is InChI=1S/C45H38BNO/c1-29-19-23-40(31(3)25-29)46(45-32(4)26-30(2)27-33(45)5)41-24-22-38-37-21-20-36(28-43(37)48-42-18-12-17-39(41)44(38)42)47(34-13-8-6-9-14-34)35-15-10-7-11-16-35/h6-28H,1-5H3. The molecule has 1 aliphatic heterocycles. The van der Waals surface area contributed by atoms with Crippen LogP contribution in [0.3, 0.4) is 0 Å². The molecule has 232 valence electrons. The molecule has 0 bridgehead atoms. The second-order valence-corrected chi connectivity index (χ2v) is 13.3. The lowest BCUT2D eigenvalue weighted by Crippen LogP contribution is -2.55. The van der Waals surface area contributed by atoms with Crippen LogP contribution in [0.2, 0.25) is 0 Å². The highest BCUT2D eigenvalue weighted by molar-refractivity contribution is 6.97. The molecule has 0 atom stereocenters. The first-order chi connectivity index (χ1) is 23.4. The van der Waals surface area contributed by atoms with Gasteiger partial charge in [0, 0.05) is 34.1 Å². The van der Waals surface area contributed by atoms with Gasteiger partial charge in [-0.3, -0.25) is 0 Å². The largest absolute Gasteiger partial charge is 0.456 e. The van der Waals surface area contributed by atoms with E-state index >= 15 is 0 Å². The van der Waals surface area contributed by atoms with Gasteiger partial charge in [-0.25, -0.2) is 0 Å². The third kappa shape index (κ3) is 5.07. The first-order valence-corrected chi connectivity index (χ1v) is 16.8. The van der Waals surface area contributed by atoms with Crippen molar-refractivity contribution in [1.29, 1.82) is 0 Å². The zero-order valence-corrected chi connectivity index (χ0v) is 28.2. The molecule has 0 fully saturated rings. The van der Waals surface area contributed by atoms with Crippen LogP contribution in [0.25, 0.3) is 21.9 Å². The molecule has 8 rings (SSSR count). The minimum Gasteiger partial charge on any atom is -0.456 e. The minimum atomic E-state index is 0.0876. The Labute approximate surface area is 284 Å². The summed E-state index contributed by atoms with van der Waals surface area (Å²) in [5, 5.41) is 2.41. The Morgan fingerprint density at radius 3 is 1.75 bits per heavy atom. The molecule has 1 heterocycles. The van der Waals surface area contributed by atoms with Gasteiger partial charge in [0.2, 0.25) is 6.71 Å². The minimum absolute atomic E-state index is 0.0876. The van der Waals surface area contributed by atoms with Gasteiger partial charge in [-0.05, 0) is 88.0 Å². The van der Waals surface area contributed by atoms with E-state index in [4.69, 9.17) is 4.74 Å². The monoisotopic (exact) mass is 619 g/mol. The second-order valence-electron chi connectivity index (χ2n) is 13.3. The molecule has 0 aromatic heterocycles. The van der Waals surface area contributed by atoms with Crippen LogP contribution in [-0.2, 0) is 0 Å². The summed E-state index contributed by atoms with van der Waals surface area (Å²) in [6, 6.07) is 50.5. The Hall–Kier alpha value is -5.54. The first kappa shape index (κ1) is 29.8. The molecule has 48 heavy (non-hydrogen) atoms. The smallest absolute Gasteiger partial charge is 0.243 e. The highest BCUT2D eigenvalue weighted by Crippen LogP contribution is 2.48. The predicted molar refractivity (Wildman–Crippen MR) is 205 cm³/mol. The molecule has 0 spiro atoms. The number of hydrogen-bond acceptors (Lipinski definition) is 2. The van der Waals surface area contributed by atoms with Gasteiger partial charge < -0.3 is 9.64 Å². The lowest BCUT2D eigenvalue weighted by atomic mass is 9.34. The van der Waals surface area contributed by atoms with Crippen molar-refractivity contribution in [2.75, 3.05) is 4.90 Å². The molecular formula is C45H38BNO. The Kier molecular flexibility index (Phi) is 7.41. The number of hydrogen-bond donors (Lipinski definition) is 0. The van der Waals surface area contributed by atoms with E-state index < -0.39 is 0 Å². The molecule has 0 amide bonds. The number of para-hydroxylation sites is 2. The molecule has 0 N–H and O–H groups in total. The molecule has 7 aromatic carbocycles. The molecule has 0 radical (unpaired) electrons. The van der Waals surface area contributed by atoms with E-state index in [1.165, 1.54) is 60.5 Å². The molecule has 0 saturated carbocycles. The van der Waals surface area contributed by atoms with Gasteiger partial charge in [-0.15, -0.1) is 0 Å². The lowest BCUT2D eigenvalue weighted by Gasteiger charge is -2.29. The SMILES string of the molecule is Cc1ccc(B(c2c(C)cc(C)cc2C)c2ccc3c4c(cccc24)Oc2cc(N(c4ccccc4)c4ccccc4)ccc2-3)c(C)c1. The predicted octanol–water partition coefficient (Wildman–Crippen LogP) is 10.1. The Balaban J connectivity index is 1.31. The van der Waals surface area contributed by atoms with Crippen LogP contribution >= 0.6 is 0 Å². The van der Waals surface area contributed by atoms with Crippen LogP contribution in [-0.4, -0.2) is 6.71 Å². The van der Waals surface area contributed by atoms with Crippen molar-refractivity contribution in [1.82, 2.24) is 0 Å². The van der Waals surface area contributed by atoms with E-state index in [1.54, 1.807) is 0 Å². The summed E-state index contributed by atoms with van der Waals surface area (Å²) in [6.07, 6.45) is 0. The van der Waals surface area contributed by atoms with E-state index in [9.17, 15) is 0 Å². The number of anilines is 3. The van der Waals surface area contributed by atoms with E-state index in [0.29, 0.717) is 0 Å². The third-order valence-electron chi connectivity index (χ3n) is 9.87. The van der Waals surface area contributed by atoms with Gasteiger partial charge in [-0.2, -0.15) is 0 Å². The van der Waals surface area contributed by atoms with Crippen molar-refractivity contribution < 1.29 is 4.74 Å². The lowest BCUT2D eigenvalue weighted by molar-refractivity contribution is 0.487. The van der Waals surface area contributed by atoms with E-state index in [-0.39, 0.29) is 6.71 Å². The number of fused-ring (bicyclic) bond motifs is 2. The average molecular weight is 620 g/mol. The van der Waals surface area contributed by atoms with Crippen molar-refractivity contribution in [3.63, 3.8) is 0 Å². The molecule has 7 aromatic rings. The summed E-state index contributed by atoms with van der Waals surface area (Å²) in [4.78, 5) is 2.28. The zero-order chi connectivity index (χ0) is 32.9. The second kappa shape index (κ2) is 11.9. The van der Waals surface area contributed by atoms with E-state index in [1.807, 2.05) is 0 Å². The summed E-state index contributed by atoms with van der Waals surface area (Å²) in [5.41, 5.74) is 16.2. The van der Waals surface area contributed by atoms with Gasteiger partial charge in [-0.1, -0.05) is 135 Å². The van der Waals surface area contributed by atoms with Gasteiger partial charge >= 0.3 is 0 Å². The molecule has 0 unspecified atom stereocenters. The highest BCUT2D eigenvalue weighted by atomic mass is 16.5. The van der Waals surface area contributed by atoms with E-state index in [2.05, 4.69) is 179 Å². The van der Waals surface area contributed by atoms with Crippen LogP contribution in [0, 0.1) is 34.6 Å². The van der Waals surface area contributed by atoms with Crippen molar-refractivity contribution in [2.45, 2.75) is 34.6 Å². The van der Waals surface area contributed by atoms with Gasteiger partial charge in [0.15, 0.2) is 0 Å². The molecule has 0 saturated heterocycles. The van der Waals surface area contributed by atoms with Crippen LogP contribution in [0.4, 0.5) is 17.1 Å². The van der Waals surface area contributed by atoms with Crippen LogP contribution in [0.15, 0.2) is 140 Å². The molecule has 2 nitrogen and oxygen atoms in total. The van der Waals surface area contributed by atoms with Crippen molar-refractivity contribution >= 4 is 50.9 Å². The summed E-state index contributed by atoms with van der Waals surface area (Å²) in [6.45, 7) is 11.2. The van der Waals surface area contributed by atoms with Crippen LogP contribution in [0.5, 0.6) is 11.5 Å². The van der Waals surface area contributed by atoms with Gasteiger partial charge in [0.25, 0.3) is 0 Å². The quantitative estimate of drug-likeness (QED) is 0.172. The maximum Gasteiger partial charge on any atom is 0.243 e. The maximum atomic E-state index is 6.83.